The molecule has 3 N–H and O–H groups in total. The van der Waals surface area contributed by atoms with E-state index in [9.17, 15) is 8.42 Å². The number of amidine groups is 1. The molecule has 10 heteroatoms. The Morgan fingerprint density at radius 3 is 2.63 bits per heavy atom. The van der Waals surface area contributed by atoms with Gasteiger partial charge < -0.3 is 10.1 Å². The maximum Gasteiger partial charge on any atom is 0.238 e. The lowest BCUT2D eigenvalue weighted by Gasteiger charge is -2.20. The van der Waals surface area contributed by atoms with Gasteiger partial charge in [0.05, 0.1) is 12.0 Å². The van der Waals surface area contributed by atoms with E-state index in [1.807, 2.05) is 29.2 Å². The Hall–Kier alpha value is -2.14. The molecule has 1 aliphatic rings. The number of methoxy groups -OCH3 is 1. The fourth-order valence-electron chi connectivity index (χ4n) is 2.43. The van der Waals surface area contributed by atoms with E-state index >= 15 is 0 Å². The number of hydrogen-bond donors (Lipinski definition) is 2. The lowest BCUT2D eigenvalue weighted by Crippen LogP contribution is -2.35. The monoisotopic (exact) mass is 422 g/mol. The number of thiocarbonyl (C=S) groups is 1. The van der Waals surface area contributed by atoms with Crippen LogP contribution < -0.4 is 15.2 Å². The van der Waals surface area contributed by atoms with Gasteiger partial charge in [-0.2, -0.15) is 0 Å². The average molecular weight is 423 g/mol. The van der Waals surface area contributed by atoms with Gasteiger partial charge in [-0.15, -0.1) is 0 Å². The van der Waals surface area contributed by atoms with Crippen LogP contribution in [0.5, 0.6) is 5.75 Å². The summed E-state index contributed by atoms with van der Waals surface area (Å²) in [6, 6.07) is 13.6. The number of hydrogen-bond acceptors (Lipinski definition) is 6. The maximum absolute atomic E-state index is 11.3. The molecule has 142 valence electrons. The van der Waals surface area contributed by atoms with Gasteiger partial charge in [0.2, 0.25) is 10.0 Å². The Bertz CT molecular complexity index is 975. The fourth-order valence-corrected chi connectivity index (χ4v) is 4.25. The Balaban J connectivity index is 1.77. The minimum atomic E-state index is -3.72. The highest BCUT2D eigenvalue weighted by Crippen LogP contribution is 2.30. The number of benzene rings is 2. The third-order valence-corrected chi connectivity index (χ3v) is 5.97. The summed E-state index contributed by atoms with van der Waals surface area (Å²) in [5, 5.41) is 9.47. The average Bonchev–Trinajstić information content (AvgIpc) is 3.10. The van der Waals surface area contributed by atoms with Crippen molar-refractivity contribution in [3.8, 4) is 5.75 Å². The zero-order valence-electron chi connectivity index (χ0n) is 14.5. The molecule has 0 amide bonds. The predicted molar refractivity (Wildman–Crippen MR) is 113 cm³/mol. The normalized spacial score (nSPS) is 15.8. The van der Waals surface area contributed by atoms with Crippen LogP contribution in [-0.4, -0.2) is 43.0 Å². The topological polar surface area (TPSA) is 97.0 Å². The lowest BCUT2D eigenvalue weighted by molar-refractivity contribution is 0.416. The van der Waals surface area contributed by atoms with Crippen molar-refractivity contribution < 1.29 is 13.2 Å². The first-order chi connectivity index (χ1) is 12.9. The van der Waals surface area contributed by atoms with E-state index in [4.69, 9.17) is 22.1 Å². The van der Waals surface area contributed by atoms with Gasteiger partial charge in [-0.25, -0.2) is 18.5 Å². The molecule has 1 fully saturated rings. The summed E-state index contributed by atoms with van der Waals surface area (Å²) in [5.74, 6) is 1.55. The number of nitrogens with two attached hydrogens (primary N) is 1. The van der Waals surface area contributed by atoms with Gasteiger partial charge in [0.1, 0.15) is 11.4 Å². The summed E-state index contributed by atoms with van der Waals surface area (Å²) < 4.78 is 28.0. The molecule has 1 aliphatic heterocycles. The van der Waals surface area contributed by atoms with E-state index in [1.54, 1.807) is 31.0 Å². The summed E-state index contributed by atoms with van der Waals surface area (Å²) in [6.45, 7) is 0.722. The first-order valence-corrected chi connectivity index (χ1v) is 10.9. The second kappa shape index (κ2) is 8.26. The molecule has 2 aromatic rings. The first kappa shape index (κ1) is 19.6. The molecule has 0 radical (unpaired) electrons. The molecule has 1 saturated heterocycles. The van der Waals surface area contributed by atoms with Crippen LogP contribution in [0.4, 0.5) is 11.4 Å². The van der Waals surface area contributed by atoms with Gasteiger partial charge in [-0.1, -0.05) is 23.9 Å². The van der Waals surface area contributed by atoms with Crippen molar-refractivity contribution in [2.45, 2.75) is 4.90 Å². The van der Waals surface area contributed by atoms with Crippen LogP contribution >= 0.6 is 24.0 Å². The Morgan fingerprint density at radius 2 is 1.96 bits per heavy atom. The second-order valence-corrected chi connectivity index (χ2v) is 8.58. The molecule has 0 saturated carbocycles. The zero-order chi connectivity index (χ0) is 19.4. The number of thioether (sulfide) groups is 1. The van der Waals surface area contributed by atoms with Crippen molar-refractivity contribution >= 4 is 55.7 Å². The Labute approximate surface area is 167 Å². The Kier molecular flexibility index (Phi) is 6.00. The molecule has 2 aromatic carbocycles. The molecule has 0 aromatic heterocycles. The van der Waals surface area contributed by atoms with Crippen molar-refractivity contribution in [2.75, 3.05) is 24.7 Å². The van der Waals surface area contributed by atoms with Crippen LogP contribution in [0.3, 0.4) is 0 Å². The van der Waals surface area contributed by atoms with Crippen molar-refractivity contribution in [3.05, 3.63) is 48.5 Å². The molecule has 7 nitrogen and oxygen atoms in total. The van der Waals surface area contributed by atoms with Crippen molar-refractivity contribution in [3.63, 3.8) is 0 Å². The minimum absolute atomic E-state index is 0.0501. The van der Waals surface area contributed by atoms with E-state index < -0.39 is 10.0 Å². The number of primary sulfonamides is 1. The Morgan fingerprint density at radius 1 is 1.26 bits per heavy atom. The quantitative estimate of drug-likeness (QED) is 0.731. The molecule has 0 bridgehead atoms. The number of sulfonamides is 1. The SMILES string of the molecule is COc1ccccc1N=C1SCCN1C(=S)Nc1ccc(S(N)(=O)=O)cc1. The number of rotatable bonds is 4. The third-order valence-electron chi connectivity index (χ3n) is 3.76. The number of ether oxygens (including phenoxy) is 1. The van der Waals surface area contributed by atoms with E-state index in [0.717, 1.165) is 23.2 Å². The van der Waals surface area contributed by atoms with Crippen LogP contribution in [0.1, 0.15) is 0 Å². The van der Waals surface area contributed by atoms with E-state index in [-0.39, 0.29) is 4.90 Å². The van der Waals surface area contributed by atoms with Crippen LogP contribution in [0.2, 0.25) is 0 Å². The highest BCUT2D eigenvalue weighted by Gasteiger charge is 2.24. The number of para-hydroxylation sites is 2. The van der Waals surface area contributed by atoms with Crippen LogP contribution in [-0.2, 0) is 10.0 Å². The number of aliphatic imine (C=N–C) groups is 1. The maximum atomic E-state index is 11.3. The van der Waals surface area contributed by atoms with Gasteiger partial charge in [0, 0.05) is 18.0 Å². The standard InChI is InChI=1S/C17H18N4O3S3/c1-24-15-5-3-2-4-14(15)20-17-21(10-11-26-17)16(25)19-12-6-8-13(9-7-12)27(18,22)23/h2-9H,10-11H2,1H3,(H,19,25)(H2,18,22,23). The third kappa shape index (κ3) is 4.78. The van der Waals surface area contributed by atoms with Gasteiger partial charge in [-0.05, 0) is 48.6 Å². The molecule has 0 atom stereocenters. The highest BCUT2D eigenvalue weighted by molar-refractivity contribution is 8.14. The molecule has 3 rings (SSSR count). The van der Waals surface area contributed by atoms with E-state index in [0.29, 0.717) is 16.5 Å². The summed E-state index contributed by atoms with van der Waals surface area (Å²) in [7, 11) is -2.11. The molecule has 0 aliphatic carbocycles. The molecular formula is C17H18N4O3S3. The molecule has 1 heterocycles. The smallest absolute Gasteiger partial charge is 0.238 e. The molecule has 0 spiro atoms. The molecule has 27 heavy (non-hydrogen) atoms. The van der Waals surface area contributed by atoms with Crippen molar-refractivity contribution in [1.29, 1.82) is 0 Å². The van der Waals surface area contributed by atoms with Crippen LogP contribution in [0, 0.1) is 0 Å². The minimum Gasteiger partial charge on any atom is -0.494 e. The summed E-state index contributed by atoms with van der Waals surface area (Å²) in [6.07, 6.45) is 0. The molecular weight excluding hydrogens is 404 g/mol. The van der Waals surface area contributed by atoms with Crippen LogP contribution in [0.15, 0.2) is 58.4 Å². The van der Waals surface area contributed by atoms with Crippen molar-refractivity contribution in [1.82, 2.24) is 4.90 Å². The second-order valence-electron chi connectivity index (χ2n) is 5.57. The first-order valence-electron chi connectivity index (χ1n) is 7.94. The van der Waals surface area contributed by atoms with Crippen LogP contribution in [0.25, 0.3) is 0 Å². The lowest BCUT2D eigenvalue weighted by atomic mass is 10.3. The van der Waals surface area contributed by atoms with Gasteiger partial charge in [0.15, 0.2) is 10.3 Å². The summed E-state index contributed by atoms with van der Waals surface area (Å²) in [5.41, 5.74) is 1.40. The van der Waals surface area contributed by atoms with E-state index in [1.165, 1.54) is 12.1 Å². The highest BCUT2D eigenvalue weighted by atomic mass is 32.2. The van der Waals surface area contributed by atoms with E-state index in [2.05, 4.69) is 10.3 Å². The predicted octanol–water partition coefficient (Wildman–Crippen LogP) is 2.78. The molecule has 0 unspecified atom stereocenters. The number of nitrogens with one attached hydrogen (secondary N) is 1. The summed E-state index contributed by atoms with van der Waals surface area (Å²) >= 11 is 7.11. The van der Waals surface area contributed by atoms with Gasteiger partial charge >= 0.3 is 0 Å². The number of anilines is 1. The fraction of sp³-hybridized carbons (Fsp3) is 0.176. The largest absolute Gasteiger partial charge is 0.494 e. The van der Waals surface area contributed by atoms with Crippen molar-refractivity contribution in [2.24, 2.45) is 10.1 Å². The number of nitrogens with zero attached hydrogens (tertiary/aromatic N) is 2. The van der Waals surface area contributed by atoms with Gasteiger partial charge in [-0.3, -0.25) is 4.90 Å². The zero-order valence-corrected chi connectivity index (χ0v) is 16.9. The van der Waals surface area contributed by atoms with Gasteiger partial charge in [0.25, 0.3) is 0 Å². The summed E-state index contributed by atoms with van der Waals surface area (Å²) in [4.78, 5) is 6.63.